The van der Waals surface area contributed by atoms with Crippen LogP contribution < -0.4 is 4.31 Å². The lowest BCUT2D eigenvalue weighted by Crippen LogP contribution is -2.40. The van der Waals surface area contributed by atoms with Gasteiger partial charge in [0.15, 0.2) is 11.5 Å². The minimum Gasteiger partial charge on any atom is -0.465 e. The highest BCUT2D eigenvalue weighted by Gasteiger charge is 2.32. The van der Waals surface area contributed by atoms with Crippen molar-refractivity contribution in [1.29, 1.82) is 0 Å². The number of ketones is 1. The number of rotatable bonds is 4. The van der Waals surface area contributed by atoms with Crippen LogP contribution in [0.15, 0.2) is 24.3 Å². The molecule has 1 aliphatic heterocycles. The summed E-state index contributed by atoms with van der Waals surface area (Å²) in [5.41, 5.74) is 0.694. The van der Waals surface area contributed by atoms with Gasteiger partial charge >= 0.3 is 5.97 Å². The molecule has 1 aromatic carbocycles. The van der Waals surface area contributed by atoms with Crippen LogP contribution in [-0.2, 0) is 19.6 Å². The number of benzene rings is 1. The molecule has 0 spiro atoms. The van der Waals surface area contributed by atoms with E-state index < -0.39 is 21.7 Å². The topological polar surface area (TPSA) is 80.8 Å². The summed E-state index contributed by atoms with van der Waals surface area (Å²) in [6.45, 7) is 1.79. The predicted octanol–water partition coefficient (Wildman–Crippen LogP) is 0.972. The van der Waals surface area contributed by atoms with E-state index in [0.29, 0.717) is 11.3 Å². The zero-order valence-corrected chi connectivity index (χ0v) is 11.9. The molecule has 0 bridgehead atoms. The first-order valence-corrected chi connectivity index (χ1v) is 7.85. The molecule has 0 amide bonds. The summed E-state index contributed by atoms with van der Waals surface area (Å²) >= 11 is 0. The van der Waals surface area contributed by atoms with E-state index in [1.54, 1.807) is 31.2 Å². The third-order valence-corrected chi connectivity index (χ3v) is 4.61. The maximum absolute atomic E-state index is 12.3. The molecular weight excluding hydrogens is 282 g/mol. The number of fused-ring (bicyclic) bond motifs is 1. The summed E-state index contributed by atoms with van der Waals surface area (Å²) < 4.78 is 30.3. The van der Waals surface area contributed by atoms with Gasteiger partial charge in [0.1, 0.15) is 0 Å². The molecule has 7 heteroatoms. The van der Waals surface area contributed by atoms with Gasteiger partial charge in [-0.25, -0.2) is 8.42 Å². The minimum atomic E-state index is -3.84. The second kappa shape index (κ2) is 5.62. The largest absolute Gasteiger partial charge is 0.465 e. The monoisotopic (exact) mass is 297 g/mol. The molecular formula is C13H15NO5S. The van der Waals surface area contributed by atoms with E-state index in [0.717, 1.165) is 4.31 Å². The van der Waals surface area contributed by atoms with Gasteiger partial charge in [0.25, 0.3) is 0 Å². The first-order valence-electron chi connectivity index (χ1n) is 6.24. The Bertz CT molecular complexity index is 638. The van der Waals surface area contributed by atoms with Gasteiger partial charge in [0.05, 0.1) is 12.3 Å². The van der Waals surface area contributed by atoms with E-state index in [4.69, 9.17) is 0 Å². The number of ether oxygens (including phenoxy) is 1. The summed E-state index contributed by atoms with van der Waals surface area (Å²) in [5.74, 6) is -1.60. The normalized spacial score (nSPS) is 14.8. The fourth-order valence-electron chi connectivity index (χ4n) is 2.10. The molecule has 0 radical (unpaired) electrons. The number of sulfonamides is 1. The SMILES string of the molecule is CCOC(=O)CS(=O)(=O)N1CCC(=O)c2ccccc21. The van der Waals surface area contributed by atoms with Crippen LogP contribution in [-0.4, -0.2) is 39.1 Å². The van der Waals surface area contributed by atoms with E-state index >= 15 is 0 Å². The number of carbonyl (C=O) groups excluding carboxylic acids is 2. The number of esters is 1. The third kappa shape index (κ3) is 2.82. The smallest absolute Gasteiger partial charge is 0.323 e. The summed E-state index contributed by atoms with van der Waals surface area (Å²) in [5, 5.41) is 0. The fourth-order valence-corrected chi connectivity index (χ4v) is 3.47. The molecule has 6 nitrogen and oxygen atoms in total. The van der Waals surface area contributed by atoms with E-state index in [2.05, 4.69) is 4.74 Å². The van der Waals surface area contributed by atoms with Crippen molar-refractivity contribution in [2.24, 2.45) is 0 Å². The molecule has 0 saturated heterocycles. The molecule has 0 aliphatic carbocycles. The summed E-state index contributed by atoms with van der Waals surface area (Å²) in [4.78, 5) is 23.2. The van der Waals surface area contributed by atoms with E-state index in [-0.39, 0.29) is 25.4 Å². The van der Waals surface area contributed by atoms with Gasteiger partial charge in [0, 0.05) is 18.5 Å². The summed E-state index contributed by atoms with van der Waals surface area (Å²) in [6, 6.07) is 6.49. The van der Waals surface area contributed by atoms with Crippen molar-refractivity contribution >= 4 is 27.5 Å². The van der Waals surface area contributed by atoms with Gasteiger partial charge in [-0.2, -0.15) is 0 Å². The average Bonchev–Trinajstić information content (AvgIpc) is 2.38. The molecule has 1 aromatic rings. The maximum atomic E-state index is 12.3. The van der Waals surface area contributed by atoms with Crippen molar-refractivity contribution in [1.82, 2.24) is 0 Å². The van der Waals surface area contributed by atoms with Crippen molar-refractivity contribution in [2.45, 2.75) is 13.3 Å². The van der Waals surface area contributed by atoms with Crippen LogP contribution in [0.2, 0.25) is 0 Å². The zero-order valence-electron chi connectivity index (χ0n) is 11.0. The second-order valence-corrected chi connectivity index (χ2v) is 6.22. The second-order valence-electron chi connectivity index (χ2n) is 4.32. The van der Waals surface area contributed by atoms with E-state index in [9.17, 15) is 18.0 Å². The Balaban J connectivity index is 2.32. The van der Waals surface area contributed by atoms with Gasteiger partial charge < -0.3 is 4.74 Å². The lowest BCUT2D eigenvalue weighted by molar-refractivity contribution is -0.139. The van der Waals surface area contributed by atoms with Crippen LogP contribution in [0.4, 0.5) is 5.69 Å². The number of hydrogen-bond donors (Lipinski definition) is 0. The van der Waals surface area contributed by atoms with E-state index in [1.807, 2.05) is 0 Å². The van der Waals surface area contributed by atoms with Gasteiger partial charge in [-0.05, 0) is 19.1 Å². The molecule has 1 aliphatic rings. The lowest BCUT2D eigenvalue weighted by atomic mass is 10.0. The summed E-state index contributed by atoms with van der Waals surface area (Å²) in [6.07, 6.45) is 0.110. The van der Waals surface area contributed by atoms with Crippen LogP contribution in [0.3, 0.4) is 0 Å². The lowest BCUT2D eigenvalue weighted by Gasteiger charge is -2.29. The van der Waals surface area contributed by atoms with Crippen molar-refractivity contribution < 1.29 is 22.7 Å². The maximum Gasteiger partial charge on any atom is 0.323 e. The molecule has 2 rings (SSSR count). The van der Waals surface area contributed by atoms with Gasteiger partial charge in [0.2, 0.25) is 10.0 Å². The molecule has 0 N–H and O–H groups in total. The van der Waals surface area contributed by atoms with Crippen molar-refractivity contribution in [3.63, 3.8) is 0 Å². The summed E-state index contributed by atoms with van der Waals surface area (Å²) in [7, 11) is -3.84. The van der Waals surface area contributed by atoms with Gasteiger partial charge in [-0.15, -0.1) is 0 Å². The number of carbonyl (C=O) groups is 2. The van der Waals surface area contributed by atoms with Crippen LogP contribution in [0.5, 0.6) is 0 Å². The molecule has 108 valence electrons. The third-order valence-electron chi connectivity index (χ3n) is 2.96. The fraction of sp³-hybridized carbons (Fsp3) is 0.385. The van der Waals surface area contributed by atoms with Crippen LogP contribution >= 0.6 is 0 Å². The molecule has 1 heterocycles. The Morgan fingerprint density at radius 2 is 2.05 bits per heavy atom. The molecule has 0 unspecified atom stereocenters. The van der Waals surface area contributed by atoms with Gasteiger partial charge in [-0.1, -0.05) is 12.1 Å². The number of Topliss-reactive ketones (excluding diaryl/α,β-unsaturated/α-hetero) is 1. The highest BCUT2D eigenvalue weighted by Crippen LogP contribution is 2.29. The number of anilines is 1. The Labute approximate surface area is 117 Å². The van der Waals surface area contributed by atoms with E-state index in [1.165, 1.54) is 0 Å². The van der Waals surface area contributed by atoms with Crippen LogP contribution in [0.25, 0.3) is 0 Å². The predicted molar refractivity (Wildman–Crippen MR) is 73.2 cm³/mol. The quantitative estimate of drug-likeness (QED) is 0.774. The minimum absolute atomic E-state index is 0.0532. The molecule has 0 atom stereocenters. The number of hydrogen-bond acceptors (Lipinski definition) is 5. The van der Waals surface area contributed by atoms with Crippen LogP contribution in [0.1, 0.15) is 23.7 Å². The Hall–Kier alpha value is -1.89. The first-order chi connectivity index (χ1) is 9.45. The zero-order chi connectivity index (χ0) is 14.8. The Kier molecular flexibility index (Phi) is 4.08. The molecule has 0 fully saturated rings. The van der Waals surface area contributed by atoms with Gasteiger partial charge in [-0.3, -0.25) is 13.9 Å². The molecule has 0 aromatic heterocycles. The Morgan fingerprint density at radius 1 is 1.35 bits per heavy atom. The van der Waals surface area contributed by atoms with Crippen molar-refractivity contribution in [2.75, 3.05) is 23.2 Å². The highest BCUT2D eigenvalue weighted by atomic mass is 32.2. The highest BCUT2D eigenvalue weighted by molar-refractivity contribution is 7.93. The standard InChI is InChI=1S/C13H15NO5S/c1-2-19-13(16)9-20(17,18)14-8-7-12(15)10-5-3-4-6-11(10)14/h3-6H,2,7-9H2,1H3. The van der Waals surface area contributed by atoms with Crippen molar-refractivity contribution in [3.05, 3.63) is 29.8 Å². The molecule has 20 heavy (non-hydrogen) atoms. The van der Waals surface area contributed by atoms with Crippen molar-refractivity contribution in [3.8, 4) is 0 Å². The average molecular weight is 297 g/mol. The number of nitrogens with zero attached hydrogens (tertiary/aromatic N) is 1. The first kappa shape index (κ1) is 14.5. The molecule has 0 saturated carbocycles. The number of para-hydroxylation sites is 1. The Morgan fingerprint density at radius 3 is 2.75 bits per heavy atom. The van der Waals surface area contributed by atoms with Crippen LogP contribution in [0, 0.1) is 0 Å².